The van der Waals surface area contributed by atoms with Gasteiger partial charge in [0.05, 0.1) is 42.0 Å². The minimum absolute atomic E-state index is 0.0658. The predicted octanol–water partition coefficient (Wildman–Crippen LogP) is 2.05. The van der Waals surface area contributed by atoms with Gasteiger partial charge in [-0.2, -0.15) is 0 Å². The maximum atomic E-state index is 14.0. The molecule has 1 aromatic heterocycles. The van der Waals surface area contributed by atoms with Crippen LogP contribution in [0.2, 0.25) is 0 Å². The van der Waals surface area contributed by atoms with Crippen molar-refractivity contribution in [3.63, 3.8) is 0 Å². The number of carbonyl (C=O) groups is 3. The Balaban J connectivity index is 1.59. The van der Waals surface area contributed by atoms with Gasteiger partial charge in [-0.3, -0.25) is 19.4 Å². The van der Waals surface area contributed by atoms with E-state index in [1.807, 2.05) is 45.9 Å². The molecule has 12 heteroatoms. The molecule has 0 radical (unpaired) electrons. The lowest BCUT2D eigenvalue weighted by Crippen LogP contribution is -2.50. The Morgan fingerprint density at radius 3 is 2.29 bits per heavy atom. The summed E-state index contributed by atoms with van der Waals surface area (Å²) in [7, 11) is -0.715. The van der Waals surface area contributed by atoms with Crippen molar-refractivity contribution in [1.82, 2.24) is 20.2 Å². The highest BCUT2D eigenvalue weighted by Gasteiger charge is 2.54. The van der Waals surface area contributed by atoms with E-state index in [0.29, 0.717) is 32.7 Å². The smallest absolute Gasteiger partial charge is 0.402 e. The van der Waals surface area contributed by atoms with Gasteiger partial charge in [0, 0.05) is 31.9 Å². The van der Waals surface area contributed by atoms with E-state index in [0.717, 1.165) is 12.8 Å². The van der Waals surface area contributed by atoms with Gasteiger partial charge in [-0.15, -0.1) is 0 Å². The van der Waals surface area contributed by atoms with Gasteiger partial charge in [-0.1, -0.05) is 30.3 Å². The van der Waals surface area contributed by atoms with Gasteiger partial charge in [0.2, 0.25) is 11.8 Å². The Labute approximate surface area is 241 Å². The summed E-state index contributed by atoms with van der Waals surface area (Å²) in [6.07, 6.45) is 4.64. The molecule has 1 aromatic carbocycles. The van der Waals surface area contributed by atoms with E-state index in [1.165, 1.54) is 18.0 Å². The maximum Gasteiger partial charge on any atom is 0.481 e. The average Bonchev–Trinajstić information content (AvgIpc) is 3.18. The summed E-state index contributed by atoms with van der Waals surface area (Å²) in [5.74, 6) is -3.17. The molecule has 0 unspecified atom stereocenters. The Morgan fingerprint density at radius 1 is 1.02 bits per heavy atom. The molecule has 2 saturated heterocycles. The van der Waals surface area contributed by atoms with Crippen LogP contribution in [0.3, 0.4) is 0 Å². The summed E-state index contributed by atoms with van der Waals surface area (Å²) in [6, 6.07) is 10.1. The van der Waals surface area contributed by atoms with E-state index in [-0.39, 0.29) is 23.7 Å². The third-order valence-corrected chi connectivity index (χ3v) is 8.10. The maximum absolute atomic E-state index is 14.0. The molecule has 220 valence electrons. The highest BCUT2D eigenvalue weighted by Crippen LogP contribution is 2.38. The standard InChI is InChI=1S/C29H40BN5O6/c1-28(2)29(3,4)41-30(40-28)22(12-8-11-20-9-6-5-7-10-20)34-27(38)21(19-23(36)35-15-17-39-18-16-35)24-25(26(31)37)33-14-13-32-24/h5-7,9-10,13-14,21-22H,8,11-12,15-19H2,1-4H3,(H2,31,37)(H,34,38)/t21-,22+/m1/s1. The van der Waals surface area contributed by atoms with Crippen molar-refractivity contribution in [1.29, 1.82) is 0 Å². The Hall–Kier alpha value is -3.35. The summed E-state index contributed by atoms with van der Waals surface area (Å²) < 4.78 is 18.0. The van der Waals surface area contributed by atoms with Gasteiger partial charge in [-0.25, -0.2) is 4.98 Å². The summed E-state index contributed by atoms with van der Waals surface area (Å²) in [5, 5.41) is 3.09. The first-order valence-electron chi connectivity index (χ1n) is 14.1. The number of aryl methyl sites for hydroxylation is 1. The number of carbonyl (C=O) groups excluding carboxylic acids is 3. The summed E-state index contributed by atoms with van der Waals surface area (Å²) in [5.41, 5.74) is 5.49. The first-order valence-corrected chi connectivity index (χ1v) is 14.1. The molecule has 2 aliphatic heterocycles. The second kappa shape index (κ2) is 13.1. The number of ether oxygens (including phenoxy) is 1. The molecule has 0 bridgehead atoms. The van der Waals surface area contributed by atoms with Crippen molar-refractivity contribution in [2.75, 3.05) is 26.3 Å². The quantitative estimate of drug-likeness (QED) is 0.394. The first-order chi connectivity index (χ1) is 19.5. The van der Waals surface area contributed by atoms with E-state index < -0.39 is 42.0 Å². The fourth-order valence-electron chi connectivity index (χ4n) is 5.01. The summed E-state index contributed by atoms with van der Waals surface area (Å²) in [6.45, 7) is 9.52. The number of morpholine rings is 1. The van der Waals surface area contributed by atoms with Crippen LogP contribution in [-0.4, -0.2) is 83.2 Å². The number of nitrogens with two attached hydrogens (primary N) is 1. The normalized spacial score (nSPS) is 19.4. The van der Waals surface area contributed by atoms with Gasteiger partial charge in [0.15, 0.2) is 0 Å². The lowest BCUT2D eigenvalue weighted by Gasteiger charge is -2.32. The second-order valence-corrected chi connectivity index (χ2v) is 11.5. The van der Waals surface area contributed by atoms with Crippen LogP contribution in [0.1, 0.15) is 74.6 Å². The van der Waals surface area contributed by atoms with Crippen LogP contribution in [0.5, 0.6) is 0 Å². The number of nitrogens with one attached hydrogen (secondary N) is 1. The number of rotatable bonds is 11. The zero-order chi connectivity index (χ0) is 29.6. The Kier molecular flexibility index (Phi) is 9.78. The number of primary amides is 1. The van der Waals surface area contributed by atoms with E-state index in [1.54, 1.807) is 4.90 Å². The number of nitrogens with zero attached hydrogens (tertiary/aromatic N) is 3. The van der Waals surface area contributed by atoms with Gasteiger partial charge in [0.1, 0.15) is 5.69 Å². The molecule has 3 amide bonds. The van der Waals surface area contributed by atoms with Crippen LogP contribution < -0.4 is 11.1 Å². The second-order valence-electron chi connectivity index (χ2n) is 11.5. The number of hydrogen-bond donors (Lipinski definition) is 2. The number of amides is 3. The summed E-state index contributed by atoms with van der Waals surface area (Å²) in [4.78, 5) is 49.5. The molecular weight excluding hydrogens is 525 g/mol. The molecule has 2 fully saturated rings. The molecule has 41 heavy (non-hydrogen) atoms. The van der Waals surface area contributed by atoms with E-state index in [9.17, 15) is 14.4 Å². The predicted molar refractivity (Wildman–Crippen MR) is 153 cm³/mol. The van der Waals surface area contributed by atoms with Gasteiger partial charge in [0.25, 0.3) is 5.91 Å². The fourth-order valence-corrected chi connectivity index (χ4v) is 5.01. The average molecular weight is 565 g/mol. The number of benzene rings is 1. The number of hydrogen-bond acceptors (Lipinski definition) is 8. The Morgan fingerprint density at radius 2 is 1.66 bits per heavy atom. The summed E-state index contributed by atoms with van der Waals surface area (Å²) >= 11 is 0. The zero-order valence-electron chi connectivity index (χ0n) is 24.3. The molecule has 2 aromatic rings. The first kappa shape index (κ1) is 30.6. The molecule has 0 saturated carbocycles. The van der Waals surface area contributed by atoms with Crippen molar-refractivity contribution in [3.8, 4) is 0 Å². The molecule has 0 spiro atoms. The van der Waals surface area contributed by atoms with Gasteiger partial charge >= 0.3 is 7.12 Å². The van der Waals surface area contributed by atoms with Crippen LogP contribution >= 0.6 is 0 Å². The molecule has 4 rings (SSSR count). The monoisotopic (exact) mass is 565 g/mol. The number of aromatic nitrogens is 2. The zero-order valence-corrected chi connectivity index (χ0v) is 24.3. The van der Waals surface area contributed by atoms with Crippen LogP contribution in [0, 0.1) is 0 Å². The molecule has 3 heterocycles. The van der Waals surface area contributed by atoms with E-state index in [4.69, 9.17) is 19.8 Å². The van der Waals surface area contributed by atoms with Crippen LogP contribution in [0.25, 0.3) is 0 Å². The van der Waals surface area contributed by atoms with Crippen molar-refractivity contribution in [2.45, 2.75) is 76.4 Å². The van der Waals surface area contributed by atoms with Crippen molar-refractivity contribution < 1.29 is 28.4 Å². The molecule has 0 aliphatic carbocycles. The topological polar surface area (TPSA) is 146 Å². The Bertz CT molecular complexity index is 1210. The molecule has 11 nitrogen and oxygen atoms in total. The molecule has 2 aliphatic rings. The molecule has 2 atom stereocenters. The molecule has 3 N–H and O–H groups in total. The third-order valence-electron chi connectivity index (χ3n) is 8.10. The van der Waals surface area contributed by atoms with E-state index >= 15 is 0 Å². The minimum Gasteiger partial charge on any atom is -0.402 e. The van der Waals surface area contributed by atoms with Crippen molar-refractivity contribution in [2.24, 2.45) is 5.73 Å². The van der Waals surface area contributed by atoms with E-state index in [2.05, 4.69) is 27.4 Å². The van der Waals surface area contributed by atoms with Crippen LogP contribution in [0.4, 0.5) is 0 Å². The van der Waals surface area contributed by atoms with Crippen molar-refractivity contribution >= 4 is 24.8 Å². The molecular formula is C29H40BN5O6. The largest absolute Gasteiger partial charge is 0.481 e. The highest BCUT2D eigenvalue weighted by atomic mass is 16.7. The highest BCUT2D eigenvalue weighted by molar-refractivity contribution is 6.48. The van der Waals surface area contributed by atoms with Crippen molar-refractivity contribution in [3.05, 3.63) is 59.7 Å². The fraction of sp³-hybridized carbons (Fsp3) is 0.552. The van der Waals surface area contributed by atoms with Gasteiger partial charge in [-0.05, 0) is 52.5 Å². The lowest BCUT2D eigenvalue weighted by molar-refractivity contribution is -0.138. The third kappa shape index (κ3) is 7.49. The lowest BCUT2D eigenvalue weighted by atomic mass is 9.74. The minimum atomic E-state index is -1.10. The van der Waals surface area contributed by atoms with Crippen LogP contribution in [0.15, 0.2) is 42.7 Å². The van der Waals surface area contributed by atoms with Gasteiger partial charge < -0.3 is 30.0 Å². The van der Waals surface area contributed by atoms with Crippen LogP contribution in [-0.2, 0) is 30.1 Å². The SMILES string of the molecule is CC1(C)OB([C@H](CCCc2ccccc2)NC(=O)[C@H](CC(=O)N2CCOCC2)c2nccnc2C(N)=O)OC1(C)C.